The Labute approximate surface area is 146 Å². The molecule has 2 aromatic rings. The van der Waals surface area contributed by atoms with Gasteiger partial charge in [-0.1, -0.05) is 0 Å². The first-order valence-corrected chi connectivity index (χ1v) is 7.70. The molecule has 2 N–H and O–H groups in total. The summed E-state index contributed by atoms with van der Waals surface area (Å²) in [5.74, 6) is -0.169. The van der Waals surface area contributed by atoms with Crippen LogP contribution in [-0.2, 0) is 4.74 Å². The van der Waals surface area contributed by atoms with Gasteiger partial charge in [-0.15, -0.1) is 0 Å². The lowest BCUT2D eigenvalue weighted by atomic mass is 10.2. The summed E-state index contributed by atoms with van der Waals surface area (Å²) >= 11 is 0. The highest BCUT2D eigenvalue weighted by Crippen LogP contribution is 2.16. The average molecular weight is 343 g/mol. The third kappa shape index (κ3) is 5.54. The molecule has 0 aliphatic rings. The van der Waals surface area contributed by atoms with Crippen LogP contribution in [0.4, 0.5) is 11.5 Å². The van der Waals surface area contributed by atoms with E-state index in [2.05, 4.69) is 25.3 Å². The van der Waals surface area contributed by atoms with Crippen molar-refractivity contribution < 1.29 is 14.3 Å². The van der Waals surface area contributed by atoms with E-state index in [-0.39, 0.29) is 11.6 Å². The lowest BCUT2D eigenvalue weighted by Gasteiger charge is -2.10. The smallest absolute Gasteiger partial charge is 0.337 e. The van der Waals surface area contributed by atoms with E-state index in [0.29, 0.717) is 17.9 Å². The molecular weight excluding hydrogens is 322 g/mol. The minimum atomic E-state index is -0.398. The number of esters is 1. The first-order valence-electron chi connectivity index (χ1n) is 7.70. The maximum absolute atomic E-state index is 12.1. The van der Waals surface area contributed by atoms with Gasteiger partial charge in [-0.05, 0) is 38.4 Å². The first-order chi connectivity index (χ1) is 12.0. The Balaban J connectivity index is 2.01. The fraction of sp³-hybridized carbons (Fsp3) is 0.294. The highest BCUT2D eigenvalue weighted by Gasteiger charge is 2.09. The van der Waals surface area contributed by atoms with Crippen LogP contribution < -0.4 is 10.6 Å². The van der Waals surface area contributed by atoms with Crippen LogP contribution in [0.2, 0.25) is 0 Å². The van der Waals surface area contributed by atoms with Crippen molar-refractivity contribution in [2.24, 2.45) is 0 Å². The van der Waals surface area contributed by atoms with Crippen molar-refractivity contribution in [1.29, 1.82) is 0 Å². The lowest BCUT2D eigenvalue weighted by molar-refractivity contribution is 0.0600. The molecule has 1 aromatic heterocycles. The first kappa shape index (κ1) is 18.3. The number of benzene rings is 1. The monoisotopic (exact) mass is 343 g/mol. The predicted octanol–water partition coefficient (Wildman–Crippen LogP) is 1.30. The number of carbonyl (C=O) groups excluding carboxylic acids is 2. The standard InChI is InChI=1S/C17H21N5O3/c1-22(2)9-8-18-16(23)14-10-15(20-11-19-14)21-13-6-4-12(5-7-13)17(24)25-3/h4-7,10-11H,8-9H2,1-3H3,(H,18,23)(H,19,20,21). The second-order valence-corrected chi connectivity index (χ2v) is 5.54. The van der Waals surface area contributed by atoms with Gasteiger partial charge in [-0.2, -0.15) is 0 Å². The Hall–Kier alpha value is -3.00. The summed E-state index contributed by atoms with van der Waals surface area (Å²) in [6.07, 6.45) is 1.33. The summed E-state index contributed by atoms with van der Waals surface area (Å²) in [6, 6.07) is 8.31. The van der Waals surface area contributed by atoms with E-state index in [9.17, 15) is 9.59 Å². The molecule has 1 heterocycles. The zero-order valence-corrected chi connectivity index (χ0v) is 14.4. The Kier molecular flexibility index (Phi) is 6.41. The van der Waals surface area contributed by atoms with E-state index in [1.54, 1.807) is 30.3 Å². The molecule has 0 saturated carbocycles. The third-order valence-electron chi connectivity index (χ3n) is 3.32. The third-order valence-corrected chi connectivity index (χ3v) is 3.32. The van der Waals surface area contributed by atoms with Gasteiger partial charge in [0.25, 0.3) is 5.91 Å². The number of methoxy groups -OCH3 is 1. The molecule has 0 radical (unpaired) electrons. The zero-order chi connectivity index (χ0) is 18.2. The lowest BCUT2D eigenvalue weighted by Crippen LogP contribution is -2.31. The Morgan fingerprint density at radius 2 is 1.88 bits per heavy atom. The van der Waals surface area contributed by atoms with Crippen LogP contribution in [-0.4, -0.2) is 61.0 Å². The number of ether oxygens (including phenoxy) is 1. The van der Waals surface area contributed by atoms with Gasteiger partial charge in [0.1, 0.15) is 17.8 Å². The number of amides is 1. The molecule has 0 saturated heterocycles. The van der Waals surface area contributed by atoms with Gasteiger partial charge < -0.3 is 20.3 Å². The Morgan fingerprint density at radius 3 is 2.52 bits per heavy atom. The highest BCUT2D eigenvalue weighted by molar-refractivity contribution is 5.93. The molecule has 0 aliphatic carbocycles. The van der Waals surface area contributed by atoms with Crippen LogP contribution in [0.5, 0.6) is 0 Å². The predicted molar refractivity (Wildman–Crippen MR) is 94.0 cm³/mol. The van der Waals surface area contributed by atoms with E-state index in [4.69, 9.17) is 0 Å². The molecule has 8 nitrogen and oxygen atoms in total. The molecule has 1 amide bonds. The number of aromatic nitrogens is 2. The van der Waals surface area contributed by atoms with Crippen molar-refractivity contribution in [1.82, 2.24) is 20.2 Å². The molecule has 0 fully saturated rings. The molecule has 0 spiro atoms. The molecule has 0 bridgehead atoms. The summed E-state index contributed by atoms with van der Waals surface area (Å²) in [6.45, 7) is 1.28. The van der Waals surface area contributed by atoms with E-state index in [1.807, 2.05) is 19.0 Å². The van der Waals surface area contributed by atoms with Crippen LogP contribution in [0.3, 0.4) is 0 Å². The number of hydrogen-bond donors (Lipinski definition) is 2. The molecular formula is C17H21N5O3. The van der Waals surface area contributed by atoms with Crippen LogP contribution in [0.25, 0.3) is 0 Å². The molecule has 25 heavy (non-hydrogen) atoms. The fourth-order valence-electron chi connectivity index (χ4n) is 1.99. The number of likely N-dealkylation sites (N-methyl/N-ethyl adjacent to an activating group) is 1. The van der Waals surface area contributed by atoms with Crippen LogP contribution >= 0.6 is 0 Å². The second kappa shape index (κ2) is 8.74. The van der Waals surface area contributed by atoms with Gasteiger partial charge in [0.2, 0.25) is 0 Å². The number of carbonyl (C=O) groups is 2. The Bertz CT molecular complexity index is 731. The molecule has 1 aromatic carbocycles. The van der Waals surface area contributed by atoms with E-state index < -0.39 is 5.97 Å². The summed E-state index contributed by atoms with van der Waals surface area (Å²) in [7, 11) is 5.20. The number of nitrogens with one attached hydrogen (secondary N) is 2. The molecule has 0 aliphatic heterocycles. The minimum absolute atomic E-state index is 0.256. The quantitative estimate of drug-likeness (QED) is 0.731. The number of nitrogens with zero attached hydrogens (tertiary/aromatic N) is 3. The SMILES string of the molecule is COC(=O)c1ccc(Nc2cc(C(=O)NCCN(C)C)ncn2)cc1. The van der Waals surface area contributed by atoms with E-state index in [0.717, 1.165) is 12.2 Å². The second-order valence-electron chi connectivity index (χ2n) is 5.54. The molecule has 0 atom stereocenters. The van der Waals surface area contributed by atoms with Crippen molar-refractivity contribution in [2.45, 2.75) is 0 Å². The normalized spacial score (nSPS) is 10.4. The van der Waals surface area contributed by atoms with Gasteiger partial charge in [-0.25, -0.2) is 14.8 Å². The summed E-state index contributed by atoms with van der Waals surface area (Å²) < 4.78 is 4.66. The van der Waals surface area contributed by atoms with E-state index in [1.165, 1.54) is 13.4 Å². The Morgan fingerprint density at radius 1 is 1.16 bits per heavy atom. The largest absolute Gasteiger partial charge is 0.465 e. The van der Waals surface area contributed by atoms with Gasteiger partial charge in [0, 0.05) is 24.8 Å². The number of hydrogen-bond acceptors (Lipinski definition) is 7. The zero-order valence-electron chi connectivity index (χ0n) is 14.4. The van der Waals surface area contributed by atoms with Crippen LogP contribution in [0.1, 0.15) is 20.8 Å². The van der Waals surface area contributed by atoms with Gasteiger partial charge >= 0.3 is 5.97 Å². The van der Waals surface area contributed by atoms with Crippen molar-refractivity contribution in [3.8, 4) is 0 Å². The maximum Gasteiger partial charge on any atom is 0.337 e. The summed E-state index contributed by atoms with van der Waals surface area (Å²) in [4.78, 5) is 33.6. The van der Waals surface area contributed by atoms with Gasteiger partial charge in [-0.3, -0.25) is 4.79 Å². The molecule has 2 rings (SSSR count). The van der Waals surface area contributed by atoms with E-state index >= 15 is 0 Å². The highest BCUT2D eigenvalue weighted by atomic mass is 16.5. The number of anilines is 2. The van der Waals surface area contributed by atoms with Crippen LogP contribution in [0.15, 0.2) is 36.7 Å². The topological polar surface area (TPSA) is 96.4 Å². The summed E-state index contributed by atoms with van der Waals surface area (Å²) in [5.41, 5.74) is 1.46. The average Bonchev–Trinajstić information content (AvgIpc) is 2.61. The number of rotatable bonds is 7. The van der Waals surface area contributed by atoms with Crippen molar-refractivity contribution >= 4 is 23.4 Å². The van der Waals surface area contributed by atoms with Crippen molar-refractivity contribution in [2.75, 3.05) is 39.6 Å². The van der Waals surface area contributed by atoms with Gasteiger partial charge in [0.15, 0.2) is 0 Å². The van der Waals surface area contributed by atoms with Crippen molar-refractivity contribution in [3.63, 3.8) is 0 Å². The molecule has 132 valence electrons. The van der Waals surface area contributed by atoms with Crippen LogP contribution in [0, 0.1) is 0 Å². The molecule has 0 unspecified atom stereocenters. The maximum atomic E-state index is 12.1. The van der Waals surface area contributed by atoms with Crippen molar-refractivity contribution in [3.05, 3.63) is 47.9 Å². The fourth-order valence-corrected chi connectivity index (χ4v) is 1.99. The minimum Gasteiger partial charge on any atom is -0.465 e. The molecule has 8 heteroatoms. The van der Waals surface area contributed by atoms with Gasteiger partial charge in [0.05, 0.1) is 12.7 Å². The summed E-state index contributed by atoms with van der Waals surface area (Å²) in [5, 5.41) is 5.86.